The van der Waals surface area contributed by atoms with Gasteiger partial charge in [-0.15, -0.1) is 0 Å². The lowest BCUT2D eigenvalue weighted by atomic mass is 10.2. The van der Waals surface area contributed by atoms with Crippen LogP contribution in [0, 0.1) is 0 Å². The fourth-order valence-electron chi connectivity index (χ4n) is 2.43. The lowest BCUT2D eigenvalue weighted by Gasteiger charge is -2.09. The van der Waals surface area contributed by atoms with Gasteiger partial charge in [-0.05, 0) is 18.2 Å². The number of hydrogen-bond donors (Lipinski definition) is 2. The second kappa shape index (κ2) is 8.70. The van der Waals surface area contributed by atoms with E-state index in [2.05, 4.69) is 30.6 Å². The average molecular weight is 364 g/mol. The zero-order valence-electron chi connectivity index (χ0n) is 15.1. The SMILES string of the molecule is CNc1cc(CCNC(=O)c2ccc(OC)nc2)nc(-c2ccncc2)n1. The summed E-state index contributed by atoms with van der Waals surface area (Å²) in [6, 6.07) is 8.91. The highest BCUT2D eigenvalue weighted by Crippen LogP contribution is 2.17. The fraction of sp³-hybridized carbons (Fsp3) is 0.211. The van der Waals surface area contributed by atoms with Crippen molar-refractivity contribution in [3.63, 3.8) is 0 Å². The Hall–Kier alpha value is -3.55. The Labute approximate surface area is 157 Å². The van der Waals surface area contributed by atoms with Crippen molar-refractivity contribution in [2.75, 3.05) is 26.0 Å². The Morgan fingerprint density at radius 2 is 1.96 bits per heavy atom. The van der Waals surface area contributed by atoms with Crippen molar-refractivity contribution in [3.8, 4) is 17.3 Å². The first-order chi connectivity index (χ1) is 13.2. The van der Waals surface area contributed by atoms with Gasteiger partial charge in [-0.3, -0.25) is 9.78 Å². The van der Waals surface area contributed by atoms with Crippen molar-refractivity contribution >= 4 is 11.7 Å². The molecule has 3 rings (SSSR count). The minimum absolute atomic E-state index is 0.192. The first-order valence-corrected chi connectivity index (χ1v) is 8.44. The van der Waals surface area contributed by atoms with Gasteiger partial charge in [0.05, 0.1) is 12.7 Å². The number of methoxy groups -OCH3 is 1. The third-order valence-corrected chi connectivity index (χ3v) is 3.85. The Bertz CT molecular complexity index is 900. The Morgan fingerprint density at radius 1 is 1.15 bits per heavy atom. The minimum Gasteiger partial charge on any atom is -0.481 e. The van der Waals surface area contributed by atoms with Gasteiger partial charge in [-0.25, -0.2) is 15.0 Å². The average Bonchev–Trinajstić information content (AvgIpc) is 2.74. The molecule has 0 aliphatic heterocycles. The van der Waals surface area contributed by atoms with E-state index in [-0.39, 0.29) is 5.91 Å². The fourth-order valence-corrected chi connectivity index (χ4v) is 2.43. The third kappa shape index (κ3) is 4.75. The maximum atomic E-state index is 12.2. The molecular weight excluding hydrogens is 344 g/mol. The van der Waals surface area contributed by atoms with Crippen molar-refractivity contribution in [2.45, 2.75) is 6.42 Å². The number of pyridine rings is 2. The lowest BCUT2D eigenvalue weighted by Crippen LogP contribution is -2.26. The number of nitrogens with one attached hydrogen (secondary N) is 2. The van der Waals surface area contributed by atoms with E-state index in [0.717, 1.165) is 17.1 Å². The van der Waals surface area contributed by atoms with Crippen LogP contribution in [0.1, 0.15) is 16.1 Å². The van der Waals surface area contributed by atoms with Crippen LogP contribution < -0.4 is 15.4 Å². The largest absolute Gasteiger partial charge is 0.481 e. The number of amides is 1. The van der Waals surface area contributed by atoms with Gasteiger partial charge in [-0.1, -0.05) is 0 Å². The zero-order chi connectivity index (χ0) is 19.1. The molecular formula is C19H20N6O2. The minimum atomic E-state index is -0.192. The molecule has 0 unspecified atom stereocenters. The number of aromatic nitrogens is 4. The van der Waals surface area contributed by atoms with Crippen molar-refractivity contribution in [1.82, 2.24) is 25.3 Å². The highest BCUT2D eigenvalue weighted by Gasteiger charge is 2.09. The molecule has 27 heavy (non-hydrogen) atoms. The van der Waals surface area contributed by atoms with Gasteiger partial charge in [0, 0.05) is 62.0 Å². The van der Waals surface area contributed by atoms with Crippen molar-refractivity contribution < 1.29 is 9.53 Å². The van der Waals surface area contributed by atoms with E-state index in [1.165, 1.54) is 13.3 Å². The van der Waals surface area contributed by atoms with Gasteiger partial charge in [0.2, 0.25) is 5.88 Å². The van der Waals surface area contributed by atoms with Gasteiger partial charge in [0.15, 0.2) is 5.82 Å². The summed E-state index contributed by atoms with van der Waals surface area (Å²) in [7, 11) is 3.34. The summed E-state index contributed by atoms with van der Waals surface area (Å²) >= 11 is 0. The topological polar surface area (TPSA) is 102 Å². The molecule has 0 bridgehead atoms. The number of hydrogen-bond acceptors (Lipinski definition) is 7. The lowest BCUT2D eigenvalue weighted by molar-refractivity contribution is 0.0953. The molecule has 3 aromatic rings. The molecule has 0 aliphatic carbocycles. The summed E-state index contributed by atoms with van der Waals surface area (Å²) in [4.78, 5) is 29.3. The molecule has 0 fully saturated rings. The second-order valence-electron chi connectivity index (χ2n) is 5.65. The second-order valence-corrected chi connectivity index (χ2v) is 5.65. The monoisotopic (exact) mass is 364 g/mol. The summed E-state index contributed by atoms with van der Waals surface area (Å²) in [5.41, 5.74) is 2.19. The van der Waals surface area contributed by atoms with Crippen LogP contribution in [-0.2, 0) is 6.42 Å². The predicted molar refractivity (Wildman–Crippen MR) is 102 cm³/mol. The summed E-state index contributed by atoms with van der Waals surface area (Å²) in [5.74, 6) is 1.61. The van der Waals surface area contributed by atoms with E-state index in [9.17, 15) is 4.79 Å². The highest BCUT2D eigenvalue weighted by molar-refractivity contribution is 5.93. The first-order valence-electron chi connectivity index (χ1n) is 8.44. The van der Waals surface area contributed by atoms with Crippen molar-refractivity contribution in [1.29, 1.82) is 0 Å². The molecule has 1 amide bonds. The molecule has 0 saturated carbocycles. The van der Waals surface area contributed by atoms with E-state index in [0.29, 0.717) is 30.2 Å². The molecule has 0 saturated heterocycles. The number of anilines is 1. The quantitative estimate of drug-likeness (QED) is 0.661. The van der Waals surface area contributed by atoms with Crippen LogP contribution in [0.25, 0.3) is 11.4 Å². The van der Waals surface area contributed by atoms with Crippen LogP contribution in [0.2, 0.25) is 0 Å². The molecule has 8 heteroatoms. The third-order valence-electron chi connectivity index (χ3n) is 3.85. The molecule has 3 heterocycles. The molecule has 0 radical (unpaired) electrons. The first kappa shape index (κ1) is 18.2. The zero-order valence-corrected chi connectivity index (χ0v) is 15.1. The summed E-state index contributed by atoms with van der Waals surface area (Å²) < 4.78 is 4.99. The molecule has 138 valence electrons. The van der Waals surface area contributed by atoms with E-state index in [1.54, 1.807) is 31.6 Å². The standard InChI is InChI=1S/C19H20N6O2/c1-20-16-11-15(24-18(25-16)13-5-8-21-9-6-13)7-10-22-19(26)14-3-4-17(27-2)23-12-14/h3-6,8-9,11-12H,7,10H2,1-2H3,(H,22,26)(H,20,24,25). The van der Waals surface area contributed by atoms with Crippen LogP contribution in [0.5, 0.6) is 5.88 Å². The molecule has 8 nitrogen and oxygen atoms in total. The van der Waals surface area contributed by atoms with Crippen LogP contribution in [0.3, 0.4) is 0 Å². The van der Waals surface area contributed by atoms with Gasteiger partial charge in [0.1, 0.15) is 5.82 Å². The number of nitrogens with zero attached hydrogens (tertiary/aromatic N) is 4. The molecule has 2 N–H and O–H groups in total. The van der Waals surface area contributed by atoms with Crippen LogP contribution in [0.4, 0.5) is 5.82 Å². The van der Waals surface area contributed by atoms with E-state index in [4.69, 9.17) is 4.74 Å². The number of carbonyl (C=O) groups excluding carboxylic acids is 1. The normalized spacial score (nSPS) is 10.3. The molecule has 0 aliphatic rings. The smallest absolute Gasteiger partial charge is 0.252 e. The Morgan fingerprint density at radius 3 is 2.63 bits per heavy atom. The molecule has 3 aromatic heterocycles. The van der Waals surface area contributed by atoms with Crippen LogP contribution in [0.15, 0.2) is 48.9 Å². The van der Waals surface area contributed by atoms with Gasteiger partial charge >= 0.3 is 0 Å². The van der Waals surface area contributed by atoms with Crippen LogP contribution in [-0.4, -0.2) is 46.5 Å². The van der Waals surface area contributed by atoms with E-state index < -0.39 is 0 Å². The summed E-state index contributed by atoms with van der Waals surface area (Å²) in [6.45, 7) is 0.445. The Kier molecular flexibility index (Phi) is 5.88. The molecule has 0 spiro atoms. The summed E-state index contributed by atoms with van der Waals surface area (Å²) in [5, 5.41) is 5.91. The number of ether oxygens (including phenoxy) is 1. The van der Waals surface area contributed by atoms with Gasteiger partial charge in [0.25, 0.3) is 5.91 Å². The maximum Gasteiger partial charge on any atom is 0.252 e. The van der Waals surface area contributed by atoms with Crippen LogP contribution >= 0.6 is 0 Å². The van der Waals surface area contributed by atoms with Gasteiger partial charge in [-0.2, -0.15) is 0 Å². The number of carbonyl (C=O) groups is 1. The molecule has 0 atom stereocenters. The van der Waals surface area contributed by atoms with Crippen molar-refractivity contribution in [2.24, 2.45) is 0 Å². The van der Waals surface area contributed by atoms with E-state index in [1.807, 2.05) is 18.2 Å². The molecule has 0 aromatic carbocycles. The highest BCUT2D eigenvalue weighted by atomic mass is 16.5. The maximum absolute atomic E-state index is 12.2. The van der Waals surface area contributed by atoms with Gasteiger partial charge < -0.3 is 15.4 Å². The van der Waals surface area contributed by atoms with Crippen molar-refractivity contribution in [3.05, 3.63) is 60.2 Å². The summed E-state index contributed by atoms with van der Waals surface area (Å²) in [6.07, 6.45) is 5.46. The number of rotatable bonds is 7. The predicted octanol–water partition coefficient (Wildman–Crippen LogP) is 1.96. The van der Waals surface area contributed by atoms with E-state index >= 15 is 0 Å². The Balaban J connectivity index is 1.65.